The number of carbonyl (C=O) groups is 1. The predicted octanol–water partition coefficient (Wildman–Crippen LogP) is 2.78. The fraction of sp³-hybridized carbons (Fsp3) is 0.278. The number of nitrogens with zero attached hydrogens (tertiary/aromatic N) is 1. The molecule has 0 spiro atoms. The standard InChI is InChI=1S/C18H22N2O2/c1-20(2)18(22)19-13-16(14-9-5-3-6-10-14)17(21)15-11-7-4-8-12-15/h3-12,16-17,21H,13H2,1-2H3,(H,19,22). The molecule has 0 saturated carbocycles. The highest BCUT2D eigenvalue weighted by Gasteiger charge is 2.23. The third-order valence-electron chi connectivity index (χ3n) is 3.63. The number of amides is 2. The molecule has 2 aromatic carbocycles. The summed E-state index contributed by atoms with van der Waals surface area (Å²) in [6, 6.07) is 19.1. The van der Waals surface area contributed by atoms with Crippen molar-refractivity contribution in [3.63, 3.8) is 0 Å². The SMILES string of the molecule is CN(C)C(=O)NCC(c1ccccc1)C(O)c1ccccc1. The summed E-state index contributed by atoms with van der Waals surface area (Å²) in [5.74, 6) is -0.201. The molecule has 2 N–H and O–H groups in total. The second-order valence-electron chi connectivity index (χ2n) is 5.45. The van der Waals surface area contributed by atoms with Gasteiger partial charge >= 0.3 is 6.03 Å². The van der Waals surface area contributed by atoms with Gasteiger partial charge in [-0.15, -0.1) is 0 Å². The van der Waals surface area contributed by atoms with Crippen molar-refractivity contribution in [2.45, 2.75) is 12.0 Å². The summed E-state index contributed by atoms with van der Waals surface area (Å²) in [4.78, 5) is 13.3. The van der Waals surface area contributed by atoms with Crippen LogP contribution in [0.5, 0.6) is 0 Å². The smallest absolute Gasteiger partial charge is 0.316 e. The van der Waals surface area contributed by atoms with E-state index in [0.717, 1.165) is 11.1 Å². The highest BCUT2D eigenvalue weighted by atomic mass is 16.3. The number of aliphatic hydroxyl groups excluding tert-OH is 1. The molecule has 0 heterocycles. The molecule has 116 valence electrons. The van der Waals surface area contributed by atoms with Crippen LogP contribution in [0.2, 0.25) is 0 Å². The number of hydrogen-bond acceptors (Lipinski definition) is 2. The van der Waals surface area contributed by atoms with E-state index < -0.39 is 6.10 Å². The molecule has 2 unspecified atom stereocenters. The van der Waals surface area contributed by atoms with E-state index in [9.17, 15) is 9.90 Å². The van der Waals surface area contributed by atoms with Crippen molar-refractivity contribution in [2.24, 2.45) is 0 Å². The van der Waals surface area contributed by atoms with Crippen LogP contribution in [-0.4, -0.2) is 36.7 Å². The van der Waals surface area contributed by atoms with E-state index in [1.54, 1.807) is 14.1 Å². The largest absolute Gasteiger partial charge is 0.388 e. The number of nitrogens with one attached hydrogen (secondary N) is 1. The molecule has 0 aliphatic rings. The summed E-state index contributed by atoms with van der Waals surface area (Å²) >= 11 is 0. The number of carbonyl (C=O) groups excluding carboxylic acids is 1. The molecule has 0 aromatic heterocycles. The Labute approximate surface area is 131 Å². The molecule has 0 aliphatic heterocycles. The Balaban J connectivity index is 2.20. The third kappa shape index (κ3) is 4.09. The second kappa shape index (κ2) is 7.61. The molecular weight excluding hydrogens is 276 g/mol. The Bertz CT molecular complexity index is 585. The Morgan fingerprint density at radius 2 is 1.50 bits per heavy atom. The van der Waals surface area contributed by atoms with Gasteiger partial charge in [-0.05, 0) is 11.1 Å². The van der Waals surface area contributed by atoms with E-state index in [1.165, 1.54) is 4.90 Å². The van der Waals surface area contributed by atoms with Gasteiger partial charge in [0.25, 0.3) is 0 Å². The van der Waals surface area contributed by atoms with Gasteiger partial charge in [-0.25, -0.2) is 4.79 Å². The maximum Gasteiger partial charge on any atom is 0.316 e. The van der Waals surface area contributed by atoms with Gasteiger partial charge in [0.1, 0.15) is 0 Å². The van der Waals surface area contributed by atoms with Crippen molar-refractivity contribution in [2.75, 3.05) is 20.6 Å². The van der Waals surface area contributed by atoms with Gasteiger partial charge in [0, 0.05) is 26.6 Å². The van der Waals surface area contributed by atoms with Gasteiger partial charge in [0.05, 0.1) is 6.10 Å². The zero-order valence-corrected chi connectivity index (χ0v) is 12.9. The van der Waals surface area contributed by atoms with Gasteiger partial charge in [0.2, 0.25) is 0 Å². The molecule has 2 aromatic rings. The molecular formula is C18H22N2O2. The van der Waals surface area contributed by atoms with Crippen LogP contribution < -0.4 is 5.32 Å². The van der Waals surface area contributed by atoms with Crippen molar-refractivity contribution in [3.05, 3.63) is 71.8 Å². The lowest BCUT2D eigenvalue weighted by Gasteiger charge is -2.25. The van der Waals surface area contributed by atoms with Crippen molar-refractivity contribution < 1.29 is 9.90 Å². The van der Waals surface area contributed by atoms with Gasteiger partial charge < -0.3 is 15.3 Å². The van der Waals surface area contributed by atoms with Gasteiger partial charge in [0.15, 0.2) is 0 Å². The zero-order chi connectivity index (χ0) is 15.9. The molecule has 0 radical (unpaired) electrons. The molecule has 2 atom stereocenters. The molecule has 22 heavy (non-hydrogen) atoms. The first-order valence-electron chi connectivity index (χ1n) is 7.32. The van der Waals surface area contributed by atoms with Crippen LogP contribution in [0, 0.1) is 0 Å². The average molecular weight is 298 g/mol. The monoisotopic (exact) mass is 298 g/mol. The van der Waals surface area contributed by atoms with Crippen LogP contribution in [0.3, 0.4) is 0 Å². The molecule has 2 amide bonds. The minimum atomic E-state index is -0.675. The maximum absolute atomic E-state index is 11.8. The summed E-state index contributed by atoms with van der Waals surface area (Å²) in [6.45, 7) is 0.372. The van der Waals surface area contributed by atoms with Gasteiger partial charge in [-0.3, -0.25) is 0 Å². The summed E-state index contributed by atoms with van der Waals surface area (Å²) in [5, 5.41) is 13.6. The average Bonchev–Trinajstić information content (AvgIpc) is 2.56. The fourth-order valence-electron chi connectivity index (χ4n) is 2.35. The maximum atomic E-state index is 11.8. The summed E-state index contributed by atoms with van der Waals surface area (Å²) in [7, 11) is 3.39. The molecule has 0 bridgehead atoms. The van der Waals surface area contributed by atoms with Crippen LogP contribution in [0.1, 0.15) is 23.1 Å². The quantitative estimate of drug-likeness (QED) is 0.892. The minimum Gasteiger partial charge on any atom is -0.388 e. The summed E-state index contributed by atoms with van der Waals surface area (Å²) < 4.78 is 0. The minimum absolute atomic E-state index is 0.166. The Morgan fingerprint density at radius 3 is 2.00 bits per heavy atom. The Kier molecular flexibility index (Phi) is 5.55. The van der Waals surface area contributed by atoms with Crippen LogP contribution >= 0.6 is 0 Å². The molecule has 4 heteroatoms. The van der Waals surface area contributed by atoms with Crippen molar-refractivity contribution in [1.29, 1.82) is 0 Å². The highest BCUT2D eigenvalue weighted by molar-refractivity contribution is 5.73. The molecule has 0 aliphatic carbocycles. The van der Waals surface area contributed by atoms with Crippen molar-refractivity contribution in [3.8, 4) is 0 Å². The van der Waals surface area contributed by atoms with E-state index in [4.69, 9.17) is 0 Å². The lowest BCUT2D eigenvalue weighted by molar-refractivity contribution is 0.142. The number of urea groups is 1. The fourth-order valence-corrected chi connectivity index (χ4v) is 2.35. The van der Waals surface area contributed by atoms with Gasteiger partial charge in [-0.2, -0.15) is 0 Å². The van der Waals surface area contributed by atoms with Crippen molar-refractivity contribution in [1.82, 2.24) is 10.2 Å². The number of benzene rings is 2. The van der Waals surface area contributed by atoms with Crippen LogP contribution in [-0.2, 0) is 0 Å². The first kappa shape index (κ1) is 16.0. The normalized spacial score (nSPS) is 13.2. The molecule has 0 fully saturated rings. The Hall–Kier alpha value is -2.33. The van der Waals surface area contributed by atoms with E-state index in [1.807, 2.05) is 60.7 Å². The first-order valence-corrected chi connectivity index (χ1v) is 7.32. The number of hydrogen-bond donors (Lipinski definition) is 2. The van der Waals surface area contributed by atoms with Gasteiger partial charge in [-0.1, -0.05) is 60.7 Å². The topological polar surface area (TPSA) is 52.6 Å². The van der Waals surface area contributed by atoms with E-state index in [0.29, 0.717) is 6.54 Å². The van der Waals surface area contributed by atoms with Crippen LogP contribution in [0.25, 0.3) is 0 Å². The lowest BCUT2D eigenvalue weighted by atomic mass is 9.89. The summed E-state index contributed by atoms with van der Waals surface area (Å²) in [5.41, 5.74) is 1.84. The zero-order valence-electron chi connectivity index (χ0n) is 12.9. The molecule has 4 nitrogen and oxygen atoms in total. The van der Waals surface area contributed by atoms with Crippen molar-refractivity contribution >= 4 is 6.03 Å². The van der Waals surface area contributed by atoms with E-state index in [-0.39, 0.29) is 11.9 Å². The summed E-state index contributed by atoms with van der Waals surface area (Å²) in [6.07, 6.45) is -0.675. The first-order chi connectivity index (χ1) is 10.6. The van der Waals surface area contributed by atoms with E-state index >= 15 is 0 Å². The third-order valence-corrected chi connectivity index (χ3v) is 3.63. The lowest BCUT2D eigenvalue weighted by Crippen LogP contribution is -2.38. The predicted molar refractivity (Wildman–Crippen MR) is 87.7 cm³/mol. The highest BCUT2D eigenvalue weighted by Crippen LogP contribution is 2.30. The van der Waals surface area contributed by atoms with Crippen LogP contribution in [0.4, 0.5) is 4.79 Å². The molecule has 0 saturated heterocycles. The Morgan fingerprint density at radius 1 is 1.00 bits per heavy atom. The van der Waals surface area contributed by atoms with Crippen LogP contribution in [0.15, 0.2) is 60.7 Å². The second-order valence-corrected chi connectivity index (χ2v) is 5.45. The number of rotatable bonds is 5. The van der Waals surface area contributed by atoms with E-state index in [2.05, 4.69) is 5.32 Å². The molecule has 2 rings (SSSR count). The number of aliphatic hydroxyl groups is 1.